The first-order valence-electron chi connectivity index (χ1n) is 12.4. The monoisotopic (exact) mass is 541 g/mol. The third-order valence-electron chi connectivity index (χ3n) is 7.63. The molecule has 1 aromatic carbocycles. The number of nitrogens with one attached hydrogen (secondary N) is 3. The molecule has 5 rings (SSSR count). The molecule has 2 saturated heterocycles. The number of hydrogen-bond acceptors (Lipinski definition) is 7. The lowest BCUT2D eigenvalue weighted by Gasteiger charge is -2.40. The molecule has 1 aliphatic carbocycles. The van der Waals surface area contributed by atoms with Crippen LogP contribution in [-0.2, 0) is 27.4 Å². The van der Waals surface area contributed by atoms with Crippen LogP contribution in [0.25, 0.3) is 0 Å². The zero-order chi connectivity index (χ0) is 27.4. The molecule has 4 aliphatic rings. The zero-order valence-corrected chi connectivity index (χ0v) is 20.4. The average molecular weight is 542 g/mol. The number of piperidine rings is 1. The number of alkyl halides is 3. The van der Waals surface area contributed by atoms with Crippen LogP contribution in [0.4, 0.5) is 22.4 Å². The second-order valence-electron chi connectivity index (χ2n) is 10.3. The minimum atomic E-state index is -4.34. The second kappa shape index (κ2) is 9.80. The summed E-state index contributed by atoms with van der Waals surface area (Å²) in [6.45, 7) is 1.55. The summed E-state index contributed by atoms with van der Waals surface area (Å²) in [5.74, 6) is -3.07. The standard InChI is InChI=1S/C24H27F4N5O5/c1-11-9-33(31-20(11)24(26,27)28)14-6-15(7-14)38-23(37)29-8-12-2-3-13-10-32(22(36)18(13)19(12)25)16-4-5-17(34)30-21(16)35/h2-3,11,14-16,20,31H,4-10H2,1H3,(H,29,37)(H,30,34,35). The summed E-state index contributed by atoms with van der Waals surface area (Å²) in [6, 6.07) is 0.338. The predicted molar refractivity (Wildman–Crippen MR) is 121 cm³/mol. The van der Waals surface area contributed by atoms with Crippen LogP contribution in [0.3, 0.4) is 0 Å². The van der Waals surface area contributed by atoms with Crippen molar-refractivity contribution in [2.45, 2.75) is 76.1 Å². The Bertz CT molecular complexity index is 1170. The van der Waals surface area contributed by atoms with Gasteiger partial charge in [0.1, 0.15) is 24.0 Å². The Kier molecular flexibility index (Phi) is 6.80. The first kappa shape index (κ1) is 26.4. The maximum Gasteiger partial charge on any atom is 0.407 e. The third-order valence-corrected chi connectivity index (χ3v) is 7.63. The fourth-order valence-corrected chi connectivity index (χ4v) is 5.46. The maximum atomic E-state index is 15.2. The van der Waals surface area contributed by atoms with Gasteiger partial charge in [0.25, 0.3) is 5.91 Å². The Morgan fingerprint density at radius 3 is 2.61 bits per heavy atom. The van der Waals surface area contributed by atoms with Crippen molar-refractivity contribution < 1.29 is 41.5 Å². The summed E-state index contributed by atoms with van der Waals surface area (Å²) >= 11 is 0. The van der Waals surface area contributed by atoms with Crippen molar-refractivity contribution in [1.29, 1.82) is 0 Å². The Balaban J connectivity index is 1.11. The molecule has 10 nitrogen and oxygen atoms in total. The molecule has 0 radical (unpaired) electrons. The highest BCUT2D eigenvalue weighted by Crippen LogP contribution is 2.35. The maximum absolute atomic E-state index is 15.2. The van der Waals surface area contributed by atoms with Gasteiger partial charge >= 0.3 is 12.3 Å². The molecule has 3 N–H and O–H groups in total. The molecule has 0 bridgehead atoms. The van der Waals surface area contributed by atoms with Crippen LogP contribution in [0.2, 0.25) is 0 Å². The van der Waals surface area contributed by atoms with Crippen molar-refractivity contribution >= 4 is 23.8 Å². The molecule has 1 aromatic rings. The minimum Gasteiger partial charge on any atom is -0.446 e. The number of imide groups is 1. The normalized spacial score (nSPS) is 29.7. The van der Waals surface area contributed by atoms with E-state index in [2.05, 4.69) is 16.1 Å². The van der Waals surface area contributed by atoms with Gasteiger partial charge in [-0.25, -0.2) is 19.6 Å². The van der Waals surface area contributed by atoms with Gasteiger partial charge < -0.3 is 15.0 Å². The van der Waals surface area contributed by atoms with Crippen LogP contribution in [0.5, 0.6) is 0 Å². The quantitative estimate of drug-likeness (QED) is 0.384. The second-order valence-corrected chi connectivity index (χ2v) is 10.3. The van der Waals surface area contributed by atoms with E-state index in [-0.39, 0.29) is 49.6 Å². The molecule has 3 atom stereocenters. The SMILES string of the molecule is CC1CN(C2CC(OC(=O)NCc3ccc4c(c3F)C(=O)N(C3CCC(=O)NC3=O)C4)C2)NC1C(F)(F)F. The van der Waals surface area contributed by atoms with E-state index < -0.39 is 59.9 Å². The first-order chi connectivity index (χ1) is 17.9. The van der Waals surface area contributed by atoms with E-state index in [1.165, 1.54) is 17.9 Å². The molecular formula is C24H27F4N5O5. The van der Waals surface area contributed by atoms with E-state index in [1.54, 1.807) is 11.1 Å². The van der Waals surface area contributed by atoms with Crippen LogP contribution < -0.4 is 16.1 Å². The summed E-state index contributed by atoms with van der Waals surface area (Å²) in [5.41, 5.74) is 2.79. The molecule has 3 unspecified atom stereocenters. The number of nitrogens with zero attached hydrogens (tertiary/aromatic N) is 2. The topological polar surface area (TPSA) is 120 Å². The number of ether oxygens (including phenoxy) is 1. The number of halogens is 4. The number of amides is 4. The van der Waals surface area contributed by atoms with E-state index in [9.17, 15) is 32.3 Å². The number of carbonyl (C=O) groups is 4. The lowest BCUT2D eigenvalue weighted by molar-refractivity contribution is -0.165. The highest BCUT2D eigenvalue weighted by molar-refractivity contribution is 6.05. The fraction of sp³-hybridized carbons (Fsp3) is 0.583. The zero-order valence-electron chi connectivity index (χ0n) is 20.4. The number of hydrazine groups is 1. The van der Waals surface area contributed by atoms with Crippen LogP contribution in [0.1, 0.15) is 54.1 Å². The Hall–Kier alpha value is -3.26. The van der Waals surface area contributed by atoms with E-state index in [0.29, 0.717) is 18.4 Å². The number of carbonyl (C=O) groups excluding carboxylic acids is 4. The van der Waals surface area contributed by atoms with Crippen molar-refractivity contribution in [1.82, 2.24) is 26.0 Å². The van der Waals surface area contributed by atoms with Crippen molar-refractivity contribution in [2.24, 2.45) is 5.92 Å². The molecule has 3 heterocycles. The third kappa shape index (κ3) is 4.94. The van der Waals surface area contributed by atoms with Gasteiger partial charge in [0, 0.05) is 50.5 Å². The highest BCUT2D eigenvalue weighted by atomic mass is 19.4. The molecule has 1 saturated carbocycles. The lowest BCUT2D eigenvalue weighted by atomic mass is 9.88. The first-order valence-corrected chi connectivity index (χ1v) is 12.4. The average Bonchev–Trinajstić information content (AvgIpc) is 3.36. The molecule has 0 spiro atoms. The molecule has 14 heteroatoms. The van der Waals surface area contributed by atoms with Gasteiger partial charge in [-0.3, -0.25) is 19.7 Å². The van der Waals surface area contributed by atoms with E-state index in [4.69, 9.17) is 4.74 Å². The Morgan fingerprint density at radius 1 is 1.21 bits per heavy atom. The highest BCUT2D eigenvalue weighted by Gasteiger charge is 2.51. The number of fused-ring (bicyclic) bond motifs is 1. The van der Waals surface area contributed by atoms with Crippen molar-refractivity contribution in [3.63, 3.8) is 0 Å². The van der Waals surface area contributed by atoms with Gasteiger partial charge in [-0.1, -0.05) is 19.1 Å². The molecule has 38 heavy (non-hydrogen) atoms. The molecule has 206 valence electrons. The van der Waals surface area contributed by atoms with Crippen molar-refractivity contribution in [3.05, 3.63) is 34.6 Å². The summed E-state index contributed by atoms with van der Waals surface area (Å²) in [5, 5.41) is 6.18. The van der Waals surface area contributed by atoms with Gasteiger partial charge in [-0.15, -0.1) is 0 Å². The fourth-order valence-electron chi connectivity index (χ4n) is 5.46. The number of hydrogen-bond donors (Lipinski definition) is 3. The summed E-state index contributed by atoms with van der Waals surface area (Å²) < 4.78 is 59.7. The molecule has 4 amide bonds. The van der Waals surface area contributed by atoms with Gasteiger partial charge in [0.15, 0.2) is 0 Å². The molecule has 0 aromatic heterocycles. The van der Waals surface area contributed by atoms with Gasteiger partial charge in [-0.05, 0) is 17.9 Å². The number of rotatable bonds is 5. The van der Waals surface area contributed by atoms with Gasteiger partial charge in [0.05, 0.1) is 5.56 Å². The number of benzene rings is 1. The van der Waals surface area contributed by atoms with E-state index in [1.807, 2.05) is 0 Å². The van der Waals surface area contributed by atoms with Crippen LogP contribution in [-0.4, -0.2) is 70.7 Å². The minimum absolute atomic E-state index is 0.0321. The smallest absolute Gasteiger partial charge is 0.407 e. The molecular weight excluding hydrogens is 514 g/mol. The van der Waals surface area contributed by atoms with Crippen molar-refractivity contribution in [2.75, 3.05) is 6.54 Å². The van der Waals surface area contributed by atoms with E-state index in [0.717, 1.165) is 0 Å². The van der Waals surface area contributed by atoms with Crippen LogP contribution in [0.15, 0.2) is 12.1 Å². The van der Waals surface area contributed by atoms with Crippen LogP contribution >= 0.6 is 0 Å². The summed E-state index contributed by atoms with van der Waals surface area (Å²) in [7, 11) is 0. The Morgan fingerprint density at radius 2 is 1.95 bits per heavy atom. The summed E-state index contributed by atoms with van der Waals surface area (Å²) in [6.07, 6.45) is -4.64. The largest absolute Gasteiger partial charge is 0.446 e. The van der Waals surface area contributed by atoms with Gasteiger partial charge in [-0.2, -0.15) is 13.2 Å². The number of alkyl carbamates (subject to hydrolysis) is 1. The lowest BCUT2D eigenvalue weighted by Crippen LogP contribution is -2.54. The van der Waals surface area contributed by atoms with E-state index >= 15 is 4.39 Å². The molecule has 3 fully saturated rings. The summed E-state index contributed by atoms with van der Waals surface area (Å²) in [4.78, 5) is 49.9. The van der Waals surface area contributed by atoms with Gasteiger partial charge in [0.2, 0.25) is 11.8 Å². The molecule has 3 aliphatic heterocycles. The van der Waals surface area contributed by atoms with Crippen LogP contribution in [0, 0.1) is 11.7 Å². The predicted octanol–water partition coefficient (Wildman–Crippen LogP) is 1.73. The van der Waals surface area contributed by atoms with Crippen molar-refractivity contribution in [3.8, 4) is 0 Å². The Labute approximate surface area is 215 Å².